The summed E-state index contributed by atoms with van der Waals surface area (Å²) in [5.41, 5.74) is 0. The first kappa shape index (κ1) is 13.3. The quantitative estimate of drug-likeness (QED) is 0.790. The zero-order valence-corrected chi connectivity index (χ0v) is 12.1. The van der Waals surface area contributed by atoms with Crippen molar-refractivity contribution >= 4 is 32.6 Å². The van der Waals surface area contributed by atoms with Crippen LogP contribution in [-0.2, 0) is 10.0 Å². The molecule has 0 radical (unpaired) electrons. The first-order chi connectivity index (χ1) is 7.97. The molecule has 0 spiro atoms. The van der Waals surface area contributed by atoms with E-state index in [0.29, 0.717) is 19.4 Å². The highest BCUT2D eigenvalue weighted by Gasteiger charge is 2.28. The van der Waals surface area contributed by atoms with Gasteiger partial charge in [0.1, 0.15) is 0 Å². The number of aliphatic hydroxyl groups excluding tert-OH is 1. The van der Waals surface area contributed by atoms with Crippen LogP contribution in [0.1, 0.15) is 12.8 Å². The van der Waals surface area contributed by atoms with Gasteiger partial charge in [0, 0.05) is 10.1 Å². The average Bonchev–Trinajstić information content (AvgIpc) is 2.23. The second kappa shape index (κ2) is 5.21. The van der Waals surface area contributed by atoms with Gasteiger partial charge in [0.15, 0.2) is 0 Å². The van der Waals surface area contributed by atoms with E-state index in [1.54, 1.807) is 24.3 Å². The molecule has 2 N–H and O–H groups in total. The highest BCUT2D eigenvalue weighted by molar-refractivity contribution is 14.1. The minimum Gasteiger partial charge on any atom is -0.393 e. The monoisotopic (exact) mass is 367 g/mol. The van der Waals surface area contributed by atoms with Gasteiger partial charge in [0.2, 0.25) is 10.0 Å². The second-order valence-electron chi connectivity index (χ2n) is 4.30. The van der Waals surface area contributed by atoms with Crippen molar-refractivity contribution in [3.8, 4) is 0 Å². The van der Waals surface area contributed by atoms with E-state index in [-0.39, 0.29) is 16.9 Å². The van der Waals surface area contributed by atoms with E-state index >= 15 is 0 Å². The van der Waals surface area contributed by atoms with Crippen LogP contribution >= 0.6 is 22.6 Å². The Morgan fingerprint density at radius 3 is 2.41 bits per heavy atom. The Bertz CT molecular complexity index is 480. The molecule has 1 aromatic rings. The molecule has 0 amide bonds. The molecule has 0 aromatic heterocycles. The molecule has 17 heavy (non-hydrogen) atoms. The van der Waals surface area contributed by atoms with Gasteiger partial charge in [0.05, 0.1) is 11.0 Å². The van der Waals surface area contributed by atoms with Crippen LogP contribution in [-0.4, -0.2) is 26.2 Å². The van der Waals surface area contributed by atoms with E-state index in [2.05, 4.69) is 27.3 Å². The van der Waals surface area contributed by atoms with E-state index < -0.39 is 10.0 Å². The summed E-state index contributed by atoms with van der Waals surface area (Å²) in [5, 5.41) is 9.12. The van der Waals surface area contributed by atoms with E-state index in [1.165, 1.54) is 0 Å². The third kappa shape index (κ3) is 3.40. The van der Waals surface area contributed by atoms with E-state index in [4.69, 9.17) is 5.11 Å². The number of halogens is 1. The number of hydrogen-bond donors (Lipinski definition) is 2. The number of benzene rings is 1. The molecule has 0 heterocycles. The summed E-state index contributed by atoms with van der Waals surface area (Å²) in [7, 11) is -3.40. The third-order valence-electron chi connectivity index (χ3n) is 2.90. The zero-order chi connectivity index (χ0) is 12.5. The number of sulfonamides is 1. The Morgan fingerprint density at radius 1 is 1.29 bits per heavy atom. The van der Waals surface area contributed by atoms with Gasteiger partial charge in [-0.15, -0.1) is 0 Å². The SMILES string of the molecule is O=S(=O)(NCC1CC(O)C1)c1ccc(I)cc1. The van der Waals surface area contributed by atoms with Crippen molar-refractivity contribution < 1.29 is 13.5 Å². The minimum atomic E-state index is -3.40. The van der Waals surface area contributed by atoms with Gasteiger partial charge in [-0.3, -0.25) is 0 Å². The number of hydrogen-bond acceptors (Lipinski definition) is 3. The molecule has 0 saturated heterocycles. The molecule has 0 atom stereocenters. The second-order valence-corrected chi connectivity index (χ2v) is 7.31. The van der Waals surface area contributed by atoms with E-state index in [1.807, 2.05) is 0 Å². The summed E-state index contributed by atoms with van der Waals surface area (Å²) in [6.45, 7) is 0.408. The van der Waals surface area contributed by atoms with Crippen molar-refractivity contribution in [1.29, 1.82) is 0 Å². The van der Waals surface area contributed by atoms with Gasteiger partial charge in [-0.05, 0) is 65.6 Å². The summed E-state index contributed by atoms with van der Waals surface area (Å²) in [4.78, 5) is 0.290. The van der Waals surface area contributed by atoms with Gasteiger partial charge in [0.25, 0.3) is 0 Å². The average molecular weight is 367 g/mol. The molecule has 94 valence electrons. The lowest BCUT2D eigenvalue weighted by Gasteiger charge is -2.31. The topological polar surface area (TPSA) is 66.4 Å². The fourth-order valence-corrected chi connectivity index (χ4v) is 3.27. The minimum absolute atomic E-state index is 0.247. The van der Waals surface area contributed by atoms with Crippen LogP contribution in [0.4, 0.5) is 0 Å². The zero-order valence-electron chi connectivity index (χ0n) is 9.14. The molecule has 1 aliphatic rings. The van der Waals surface area contributed by atoms with Gasteiger partial charge in [-0.1, -0.05) is 0 Å². The highest BCUT2D eigenvalue weighted by Crippen LogP contribution is 2.26. The highest BCUT2D eigenvalue weighted by atomic mass is 127. The largest absolute Gasteiger partial charge is 0.393 e. The van der Waals surface area contributed by atoms with E-state index in [0.717, 1.165) is 3.57 Å². The standard InChI is InChI=1S/C11H14INO3S/c12-9-1-3-11(4-2-9)17(15,16)13-7-8-5-10(14)6-8/h1-4,8,10,13-14H,5-7H2. The predicted octanol–water partition coefficient (Wildman–Crippen LogP) is 1.34. The van der Waals surface area contributed by atoms with Crippen molar-refractivity contribution in [2.45, 2.75) is 23.8 Å². The van der Waals surface area contributed by atoms with Crippen LogP contribution in [0.3, 0.4) is 0 Å². The Balaban J connectivity index is 1.96. The van der Waals surface area contributed by atoms with Crippen molar-refractivity contribution in [3.63, 3.8) is 0 Å². The molecule has 4 nitrogen and oxygen atoms in total. The predicted molar refractivity (Wildman–Crippen MR) is 73.1 cm³/mol. The molecular weight excluding hydrogens is 353 g/mol. The van der Waals surface area contributed by atoms with Crippen molar-refractivity contribution in [1.82, 2.24) is 4.72 Å². The first-order valence-electron chi connectivity index (χ1n) is 5.40. The molecule has 1 aromatic carbocycles. The molecule has 0 bridgehead atoms. The molecular formula is C11H14INO3S. The van der Waals surface area contributed by atoms with Gasteiger partial charge in [-0.25, -0.2) is 13.1 Å². The Hall–Kier alpha value is -0.180. The Morgan fingerprint density at radius 2 is 1.88 bits per heavy atom. The molecule has 1 saturated carbocycles. The maximum Gasteiger partial charge on any atom is 0.240 e. The van der Waals surface area contributed by atoms with Gasteiger partial charge >= 0.3 is 0 Å². The summed E-state index contributed by atoms with van der Waals surface area (Å²) >= 11 is 2.13. The van der Waals surface area contributed by atoms with Gasteiger partial charge in [-0.2, -0.15) is 0 Å². The number of rotatable bonds is 4. The van der Waals surface area contributed by atoms with Crippen LogP contribution in [0.5, 0.6) is 0 Å². The maximum atomic E-state index is 11.9. The smallest absolute Gasteiger partial charge is 0.240 e. The summed E-state index contributed by atoms with van der Waals surface area (Å²) in [5.74, 6) is 0.267. The molecule has 2 rings (SSSR count). The summed E-state index contributed by atoms with van der Waals surface area (Å²) in [6.07, 6.45) is 1.13. The molecule has 1 aliphatic carbocycles. The molecule has 0 unspecified atom stereocenters. The van der Waals surface area contributed by atoms with Crippen LogP contribution in [0.2, 0.25) is 0 Å². The lowest BCUT2D eigenvalue weighted by Crippen LogP contribution is -2.38. The number of nitrogens with one attached hydrogen (secondary N) is 1. The van der Waals surface area contributed by atoms with Crippen LogP contribution in [0.15, 0.2) is 29.2 Å². The third-order valence-corrected chi connectivity index (χ3v) is 5.06. The fourth-order valence-electron chi connectivity index (χ4n) is 1.79. The first-order valence-corrected chi connectivity index (χ1v) is 7.97. The lowest BCUT2D eigenvalue weighted by molar-refractivity contribution is 0.0453. The van der Waals surface area contributed by atoms with E-state index in [9.17, 15) is 8.42 Å². The van der Waals surface area contributed by atoms with Crippen molar-refractivity contribution in [2.75, 3.05) is 6.54 Å². The molecule has 0 aliphatic heterocycles. The normalized spacial score (nSPS) is 24.4. The lowest BCUT2D eigenvalue weighted by atomic mass is 9.83. The maximum absolute atomic E-state index is 11.9. The van der Waals surface area contributed by atoms with Crippen LogP contribution < -0.4 is 4.72 Å². The Labute approximate surface area is 115 Å². The number of aliphatic hydroxyl groups is 1. The Kier molecular flexibility index (Phi) is 4.06. The summed E-state index contributed by atoms with van der Waals surface area (Å²) < 4.78 is 27.4. The molecule has 6 heteroatoms. The van der Waals surface area contributed by atoms with Crippen LogP contribution in [0, 0.1) is 9.49 Å². The molecule has 1 fully saturated rings. The van der Waals surface area contributed by atoms with Crippen LogP contribution in [0.25, 0.3) is 0 Å². The fraction of sp³-hybridized carbons (Fsp3) is 0.455. The van der Waals surface area contributed by atoms with Crippen molar-refractivity contribution in [3.05, 3.63) is 27.8 Å². The van der Waals surface area contributed by atoms with Crippen molar-refractivity contribution in [2.24, 2.45) is 5.92 Å². The summed E-state index contributed by atoms with van der Waals surface area (Å²) in [6, 6.07) is 6.73. The van der Waals surface area contributed by atoms with Gasteiger partial charge < -0.3 is 5.11 Å².